The van der Waals surface area contributed by atoms with Crippen LogP contribution in [-0.4, -0.2) is 22.7 Å². The molecule has 0 saturated carbocycles. The molecule has 1 N–H and O–H groups in total. The van der Waals surface area contributed by atoms with Crippen LogP contribution in [0.1, 0.15) is 28.7 Å². The lowest BCUT2D eigenvalue weighted by atomic mass is 10.1. The Kier molecular flexibility index (Phi) is 3.55. The summed E-state index contributed by atoms with van der Waals surface area (Å²) in [6, 6.07) is 5.49. The van der Waals surface area contributed by atoms with E-state index in [-0.39, 0.29) is 5.76 Å². The van der Waals surface area contributed by atoms with Gasteiger partial charge in [-0.2, -0.15) is 0 Å². The standard InChI is InChI=1S/C14H15NO4/c1-4-18-11-6-5-10(7-8(11)2)13-15-9(3)12(19-13)14(16)17/h5-7H,4H2,1-3H3,(H,16,17). The van der Waals surface area contributed by atoms with Gasteiger partial charge >= 0.3 is 5.97 Å². The van der Waals surface area contributed by atoms with Gasteiger partial charge < -0.3 is 14.3 Å². The molecule has 0 aliphatic rings. The summed E-state index contributed by atoms with van der Waals surface area (Å²) in [6.45, 7) is 6.05. The van der Waals surface area contributed by atoms with Crippen LogP contribution in [0.25, 0.3) is 11.5 Å². The number of carboxylic acid groups (broad SMARTS) is 1. The quantitative estimate of drug-likeness (QED) is 0.915. The summed E-state index contributed by atoms with van der Waals surface area (Å²) in [5.41, 5.74) is 2.05. The van der Waals surface area contributed by atoms with E-state index in [0.29, 0.717) is 18.2 Å². The van der Waals surface area contributed by atoms with Crippen LogP contribution in [0.5, 0.6) is 5.75 Å². The molecule has 0 radical (unpaired) electrons. The van der Waals surface area contributed by atoms with Crippen LogP contribution < -0.4 is 4.74 Å². The number of carbonyl (C=O) groups is 1. The van der Waals surface area contributed by atoms with E-state index in [1.807, 2.05) is 26.0 Å². The molecular weight excluding hydrogens is 246 g/mol. The molecule has 2 rings (SSSR count). The second kappa shape index (κ2) is 5.14. The van der Waals surface area contributed by atoms with Crippen molar-refractivity contribution in [3.8, 4) is 17.2 Å². The molecule has 0 unspecified atom stereocenters. The van der Waals surface area contributed by atoms with E-state index in [9.17, 15) is 4.79 Å². The number of rotatable bonds is 4. The van der Waals surface area contributed by atoms with Gasteiger partial charge in [0.25, 0.3) is 0 Å². The van der Waals surface area contributed by atoms with Crippen LogP contribution in [0.2, 0.25) is 0 Å². The van der Waals surface area contributed by atoms with Crippen LogP contribution in [0, 0.1) is 13.8 Å². The first-order valence-corrected chi connectivity index (χ1v) is 5.97. The summed E-state index contributed by atoms with van der Waals surface area (Å²) in [7, 11) is 0. The molecule has 0 fully saturated rings. The first-order chi connectivity index (χ1) is 9.02. The summed E-state index contributed by atoms with van der Waals surface area (Å²) < 4.78 is 10.7. The number of benzene rings is 1. The number of aryl methyl sites for hydroxylation is 2. The summed E-state index contributed by atoms with van der Waals surface area (Å²) in [5, 5.41) is 8.94. The maximum atomic E-state index is 10.9. The van der Waals surface area contributed by atoms with E-state index in [4.69, 9.17) is 14.3 Å². The van der Waals surface area contributed by atoms with E-state index in [1.165, 1.54) is 0 Å². The lowest BCUT2D eigenvalue weighted by Gasteiger charge is -2.07. The summed E-state index contributed by atoms with van der Waals surface area (Å²) in [5.74, 6) is -0.130. The number of aromatic carboxylic acids is 1. The van der Waals surface area contributed by atoms with Gasteiger partial charge in [0.1, 0.15) is 5.75 Å². The number of oxazole rings is 1. The fourth-order valence-electron chi connectivity index (χ4n) is 1.82. The Balaban J connectivity index is 2.39. The highest BCUT2D eigenvalue weighted by molar-refractivity contribution is 5.86. The topological polar surface area (TPSA) is 72.6 Å². The highest BCUT2D eigenvalue weighted by Gasteiger charge is 2.17. The third-order valence-corrected chi connectivity index (χ3v) is 2.71. The Bertz CT molecular complexity index is 616. The molecule has 0 aliphatic heterocycles. The molecule has 2 aromatic rings. The molecule has 1 aromatic heterocycles. The van der Waals surface area contributed by atoms with E-state index in [0.717, 1.165) is 16.9 Å². The predicted molar refractivity (Wildman–Crippen MR) is 69.5 cm³/mol. The molecule has 5 nitrogen and oxygen atoms in total. The number of hydrogen-bond acceptors (Lipinski definition) is 4. The normalized spacial score (nSPS) is 10.5. The Hall–Kier alpha value is -2.30. The zero-order valence-corrected chi connectivity index (χ0v) is 11.1. The largest absolute Gasteiger partial charge is 0.494 e. The van der Waals surface area contributed by atoms with Crippen LogP contribution in [-0.2, 0) is 0 Å². The second-order valence-corrected chi connectivity index (χ2v) is 4.15. The van der Waals surface area contributed by atoms with Crippen LogP contribution in [0.4, 0.5) is 0 Å². The minimum atomic E-state index is -1.11. The van der Waals surface area contributed by atoms with Gasteiger partial charge in [-0.05, 0) is 44.5 Å². The first kappa shape index (κ1) is 13.1. The first-order valence-electron chi connectivity index (χ1n) is 5.97. The van der Waals surface area contributed by atoms with Crippen molar-refractivity contribution in [3.05, 3.63) is 35.2 Å². The average molecular weight is 261 g/mol. The fraction of sp³-hybridized carbons (Fsp3) is 0.286. The minimum Gasteiger partial charge on any atom is -0.494 e. The monoisotopic (exact) mass is 261 g/mol. The molecule has 5 heteroatoms. The molecule has 0 amide bonds. The van der Waals surface area contributed by atoms with E-state index < -0.39 is 5.97 Å². The average Bonchev–Trinajstić information content (AvgIpc) is 2.74. The molecule has 19 heavy (non-hydrogen) atoms. The van der Waals surface area contributed by atoms with Crippen molar-refractivity contribution in [1.82, 2.24) is 4.98 Å². The minimum absolute atomic E-state index is 0.124. The van der Waals surface area contributed by atoms with Gasteiger partial charge in [0, 0.05) is 5.56 Å². The van der Waals surface area contributed by atoms with Gasteiger partial charge in [0.2, 0.25) is 11.7 Å². The van der Waals surface area contributed by atoms with Crippen LogP contribution >= 0.6 is 0 Å². The third kappa shape index (κ3) is 2.59. The van der Waals surface area contributed by atoms with Crippen molar-refractivity contribution >= 4 is 5.97 Å². The van der Waals surface area contributed by atoms with E-state index >= 15 is 0 Å². The summed E-state index contributed by atoms with van der Waals surface area (Å²) in [4.78, 5) is 15.0. The number of aromatic nitrogens is 1. The molecule has 0 bridgehead atoms. The second-order valence-electron chi connectivity index (χ2n) is 4.15. The highest BCUT2D eigenvalue weighted by atomic mass is 16.5. The zero-order valence-electron chi connectivity index (χ0n) is 11.1. The lowest BCUT2D eigenvalue weighted by Crippen LogP contribution is -1.95. The molecule has 100 valence electrons. The van der Waals surface area contributed by atoms with Gasteiger partial charge in [-0.3, -0.25) is 0 Å². The molecular formula is C14H15NO4. The summed E-state index contributed by atoms with van der Waals surface area (Å²) in [6.07, 6.45) is 0. The molecule has 1 aromatic carbocycles. The SMILES string of the molecule is CCOc1ccc(-c2nc(C)c(C(=O)O)o2)cc1C. The Morgan fingerprint density at radius 3 is 2.68 bits per heavy atom. The Labute approximate surface area is 110 Å². The number of carboxylic acids is 1. The van der Waals surface area contributed by atoms with Gasteiger partial charge in [0.15, 0.2) is 0 Å². The molecule has 0 saturated heterocycles. The van der Waals surface area contributed by atoms with Gasteiger partial charge in [-0.25, -0.2) is 9.78 Å². The summed E-state index contributed by atoms with van der Waals surface area (Å²) >= 11 is 0. The third-order valence-electron chi connectivity index (χ3n) is 2.71. The van der Waals surface area contributed by atoms with Crippen molar-refractivity contribution in [2.45, 2.75) is 20.8 Å². The number of ether oxygens (including phenoxy) is 1. The maximum Gasteiger partial charge on any atom is 0.373 e. The Morgan fingerprint density at radius 1 is 1.42 bits per heavy atom. The fourth-order valence-corrected chi connectivity index (χ4v) is 1.82. The van der Waals surface area contributed by atoms with Gasteiger partial charge in [-0.15, -0.1) is 0 Å². The number of nitrogens with zero attached hydrogens (tertiary/aromatic N) is 1. The molecule has 0 spiro atoms. The predicted octanol–water partition coefficient (Wildman–Crippen LogP) is 3.06. The molecule has 0 aliphatic carbocycles. The van der Waals surface area contributed by atoms with Gasteiger partial charge in [0.05, 0.1) is 12.3 Å². The van der Waals surface area contributed by atoms with Crippen molar-refractivity contribution in [2.75, 3.05) is 6.61 Å². The lowest BCUT2D eigenvalue weighted by molar-refractivity contribution is 0.0662. The van der Waals surface area contributed by atoms with Crippen molar-refractivity contribution in [2.24, 2.45) is 0 Å². The zero-order chi connectivity index (χ0) is 14.0. The molecule has 0 atom stereocenters. The maximum absolute atomic E-state index is 10.9. The van der Waals surface area contributed by atoms with Crippen molar-refractivity contribution in [1.29, 1.82) is 0 Å². The highest BCUT2D eigenvalue weighted by Crippen LogP contribution is 2.27. The van der Waals surface area contributed by atoms with Crippen molar-refractivity contribution < 1.29 is 19.1 Å². The van der Waals surface area contributed by atoms with Crippen LogP contribution in [0.3, 0.4) is 0 Å². The number of hydrogen-bond donors (Lipinski definition) is 1. The Morgan fingerprint density at radius 2 is 2.16 bits per heavy atom. The van der Waals surface area contributed by atoms with E-state index in [1.54, 1.807) is 13.0 Å². The smallest absolute Gasteiger partial charge is 0.373 e. The van der Waals surface area contributed by atoms with E-state index in [2.05, 4.69) is 4.98 Å². The molecule has 1 heterocycles. The van der Waals surface area contributed by atoms with Crippen molar-refractivity contribution in [3.63, 3.8) is 0 Å². The van der Waals surface area contributed by atoms with Crippen LogP contribution in [0.15, 0.2) is 22.6 Å². The van der Waals surface area contributed by atoms with Gasteiger partial charge in [-0.1, -0.05) is 0 Å².